The molecule has 0 saturated carbocycles. The number of nitrogens with one attached hydrogen (secondary N) is 1. The van der Waals surface area contributed by atoms with Crippen LogP contribution in [0, 0.1) is 0 Å². The first-order chi connectivity index (χ1) is 11.4. The van der Waals surface area contributed by atoms with E-state index in [1.165, 1.54) is 32.4 Å². The molecule has 2 aromatic carbocycles. The third-order valence-corrected chi connectivity index (χ3v) is 4.20. The van der Waals surface area contributed by atoms with E-state index >= 15 is 0 Å². The fraction of sp³-hybridized carbons (Fsp3) is 0.125. The summed E-state index contributed by atoms with van der Waals surface area (Å²) < 4.78 is 11.7. The van der Waals surface area contributed by atoms with Gasteiger partial charge in [0, 0.05) is 4.47 Å². The number of ether oxygens (including phenoxy) is 2. The van der Waals surface area contributed by atoms with Crippen LogP contribution >= 0.6 is 31.9 Å². The summed E-state index contributed by atoms with van der Waals surface area (Å²) in [5.74, 6) is -0.851. The number of rotatable bonds is 5. The molecule has 0 spiro atoms. The van der Waals surface area contributed by atoms with E-state index in [9.17, 15) is 9.59 Å². The summed E-state index contributed by atoms with van der Waals surface area (Å²) in [6.07, 6.45) is 0. The second-order valence-corrected chi connectivity index (χ2v) is 6.41. The van der Waals surface area contributed by atoms with Gasteiger partial charge in [0.05, 0.1) is 35.5 Å². The second-order valence-electron chi connectivity index (χ2n) is 4.64. The molecule has 8 heteroatoms. The average molecular weight is 459 g/mol. The highest BCUT2D eigenvalue weighted by molar-refractivity contribution is 9.11. The summed E-state index contributed by atoms with van der Waals surface area (Å²) in [6, 6.07) is 7.56. The van der Waals surface area contributed by atoms with Crippen LogP contribution in [-0.4, -0.2) is 31.2 Å². The average Bonchev–Trinajstić information content (AvgIpc) is 2.53. The molecule has 0 atom stereocenters. The number of carbonyl (C=O) groups excluding carboxylic acids is 1. The minimum Gasteiger partial charge on any atom is -0.495 e. The Morgan fingerprint density at radius 3 is 2.38 bits per heavy atom. The molecule has 0 heterocycles. The number of carboxylic acids is 1. The highest BCUT2D eigenvalue weighted by Crippen LogP contribution is 2.34. The van der Waals surface area contributed by atoms with Crippen LogP contribution in [0.1, 0.15) is 20.7 Å². The maximum Gasteiger partial charge on any atom is 0.335 e. The summed E-state index contributed by atoms with van der Waals surface area (Å²) in [7, 11) is 2.89. The molecule has 2 N–H and O–H groups in total. The maximum atomic E-state index is 12.6. The van der Waals surface area contributed by atoms with Crippen molar-refractivity contribution in [3.05, 3.63) is 50.4 Å². The van der Waals surface area contributed by atoms with E-state index in [0.717, 1.165) is 0 Å². The standard InChI is InChI=1S/C16H13Br2NO5/c1-23-13-4-3-8(16(21)22)5-12(13)19-15(20)10-6-9(17)7-11(18)14(10)24-2/h3-7H,1-2H3,(H,19,20)(H,21,22). The van der Waals surface area contributed by atoms with Gasteiger partial charge in [-0.05, 0) is 46.3 Å². The van der Waals surface area contributed by atoms with Crippen LogP contribution in [0.3, 0.4) is 0 Å². The van der Waals surface area contributed by atoms with Crippen molar-refractivity contribution in [2.45, 2.75) is 0 Å². The van der Waals surface area contributed by atoms with Gasteiger partial charge in [0.25, 0.3) is 5.91 Å². The molecular formula is C16H13Br2NO5. The highest BCUT2D eigenvalue weighted by atomic mass is 79.9. The zero-order valence-electron chi connectivity index (χ0n) is 12.7. The lowest BCUT2D eigenvalue weighted by molar-refractivity contribution is 0.0696. The molecule has 0 radical (unpaired) electrons. The molecule has 0 unspecified atom stereocenters. The van der Waals surface area contributed by atoms with E-state index in [4.69, 9.17) is 14.6 Å². The Hall–Kier alpha value is -2.06. The molecular weight excluding hydrogens is 446 g/mol. The molecule has 6 nitrogen and oxygen atoms in total. The van der Waals surface area contributed by atoms with Crippen molar-refractivity contribution in [3.8, 4) is 11.5 Å². The number of anilines is 1. The monoisotopic (exact) mass is 457 g/mol. The number of hydrogen-bond acceptors (Lipinski definition) is 4. The highest BCUT2D eigenvalue weighted by Gasteiger charge is 2.18. The molecule has 2 rings (SSSR count). The number of methoxy groups -OCH3 is 2. The summed E-state index contributed by atoms with van der Waals surface area (Å²) >= 11 is 6.65. The minimum atomic E-state index is -1.10. The van der Waals surface area contributed by atoms with E-state index < -0.39 is 11.9 Å². The van der Waals surface area contributed by atoms with Crippen molar-refractivity contribution in [2.75, 3.05) is 19.5 Å². The van der Waals surface area contributed by atoms with E-state index in [0.29, 0.717) is 20.4 Å². The molecule has 1 amide bonds. The SMILES string of the molecule is COc1ccc(C(=O)O)cc1NC(=O)c1cc(Br)cc(Br)c1OC. The third kappa shape index (κ3) is 3.88. The summed E-state index contributed by atoms with van der Waals surface area (Å²) in [4.78, 5) is 23.7. The van der Waals surface area contributed by atoms with Crippen molar-refractivity contribution in [2.24, 2.45) is 0 Å². The van der Waals surface area contributed by atoms with Crippen LogP contribution in [0.4, 0.5) is 5.69 Å². The molecule has 126 valence electrons. The number of benzene rings is 2. The zero-order chi connectivity index (χ0) is 17.9. The van der Waals surface area contributed by atoms with Crippen molar-refractivity contribution in [1.29, 1.82) is 0 Å². The van der Waals surface area contributed by atoms with Crippen molar-refractivity contribution in [1.82, 2.24) is 0 Å². The number of amides is 1. The lowest BCUT2D eigenvalue weighted by atomic mass is 10.1. The van der Waals surface area contributed by atoms with Gasteiger partial charge in [-0.25, -0.2) is 4.79 Å². The summed E-state index contributed by atoms with van der Waals surface area (Å²) in [6.45, 7) is 0. The molecule has 0 bridgehead atoms. The van der Waals surface area contributed by atoms with Crippen molar-refractivity contribution >= 4 is 49.4 Å². The van der Waals surface area contributed by atoms with Crippen molar-refractivity contribution < 1.29 is 24.2 Å². The normalized spacial score (nSPS) is 10.2. The number of aromatic carboxylic acids is 1. The Bertz CT molecular complexity index is 807. The van der Waals surface area contributed by atoms with E-state index in [1.54, 1.807) is 12.1 Å². The lowest BCUT2D eigenvalue weighted by Crippen LogP contribution is -2.15. The Morgan fingerprint density at radius 1 is 1.08 bits per heavy atom. The van der Waals surface area contributed by atoms with Crippen LogP contribution in [-0.2, 0) is 0 Å². The van der Waals surface area contributed by atoms with Crippen LogP contribution in [0.2, 0.25) is 0 Å². The maximum absolute atomic E-state index is 12.6. The topological polar surface area (TPSA) is 84.9 Å². The zero-order valence-corrected chi connectivity index (χ0v) is 15.9. The first-order valence-electron chi connectivity index (χ1n) is 6.63. The molecule has 0 aliphatic carbocycles. The second kappa shape index (κ2) is 7.67. The molecule has 0 aromatic heterocycles. The molecule has 24 heavy (non-hydrogen) atoms. The van der Waals surface area contributed by atoms with Crippen LogP contribution in [0.25, 0.3) is 0 Å². The largest absolute Gasteiger partial charge is 0.495 e. The van der Waals surface area contributed by atoms with Gasteiger partial charge in [0.2, 0.25) is 0 Å². The Morgan fingerprint density at radius 2 is 1.79 bits per heavy atom. The minimum absolute atomic E-state index is 0.0356. The molecule has 0 aliphatic rings. The first-order valence-corrected chi connectivity index (χ1v) is 8.21. The third-order valence-electron chi connectivity index (χ3n) is 3.15. The Kier molecular flexibility index (Phi) is 5.84. The van der Waals surface area contributed by atoms with Crippen LogP contribution < -0.4 is 14.8 Å². The van der Waals surface area contributed by atoms with Gasteiger partial charge in [-0.2, -0.15) is 0 Å². The van der Waals surface area contributed by atoms with E-state index in [2.05, 4.69) is 37.2 Å². The smallest absolute Gasteiger partial charge is 0.335 e. The van der Waals surface area contributed by atoms with Gasteiger partial charge >= 0.3 is 5.97 Å². The lowest BCUT2D eigenvalue weighted by Gasteiger charge is -2.14. The summed E-state index contributed by atoms with van der Waals surface area (Å²) in [5.41, 5.74) is 0.565. The van der Waals surface area contributed by atoms with Crippen molar-refractivity contribution in [3.63, 3.8) is 0 Å². The fourth-order valence-electron chi connectivity index (χ4n) is 2.06. The predicted molar refractivity (Wildman–Crippen MR) is 96.3 cm³/mol. The Labute approximate surface area is 155 Å². The van der Waals surface area contributed by atoms with E-state index in [1.807, 2.05) is 0 Å². The molecule has 0 aliphatic heterocycles. The number of carboxylic acid groups (broad SMARTS) is 1. The van der Waals surface area contributed by atoms with Gasteiger partial charge in [-0.3, -0.25) is 4.79 Å². The fourth-order valence-corrected chi connectivity index (χ4v) is 3.45. The molecule has 2 aromatic rings. The number of hydrogen-bond donors (Lipinski definition) is 2. The van der Waals surface area contributed by atoms with Gasteiger partial charge < -0.3 is 19.9 Å². The van der Waals surface area contributed by atoms with Gasteiger partial charge in [0.1, 0.15) is 11.5 Å². The van der Waals surface area contributed by atoms with E-state index in [-0.39, 0.29) is 16.8 Å². The number of carbonyl (C=O) groups is 2. The van der Waals surface area contributed by atoms with Gasteiger partial charge in [0.15, 0.2) is 0 Å². The first kappa shape index (κ1) is 18.3. The quantitative estimate of drug-likeness (QED) is 0.701. The molecule has 0 saturated heterocycles. The van der Waals surface area contributed by atoms with Crippen LogP contribution in [0.15, 0.2) is 39.3 Å². The van der Waals surface area contributed by atoms with Gasteiger partial charge in [-0.1, -0.05) is 15.9 Å². The summed E-state index contributed by atoms with van der Waals surface area (Å²) in [5, 5.41) is 11.7. The number of halogens is 2. The Balaban J connectivity index is 2.43. The van der Waals surface area contributed by atoms with Crippen LogP contribution in [0.5, 0.6) is 11.5 Å². The predicted octanol–water partition coefficient (Wildman–Crippen LogP) is 4.18. The molecule has 0 fully saturated rings. The van der Waals surface area contributed by atoms with Gasteiger partial charge in [-0.15, -0.1) is 0 Å².